The first-order valence-corrected chi connectivity index (χ1v) is 9.58. The first kappa shape index (κ1) is 17.8. The van der Waals surface area contributed by atoms with Crippen molar-refractivity contribution >= 4 is 11.1 Å². The van der Waals surface area contributed by atoms with Crippen LogP contribution in [0.4, 0.5) is 0 Å². The molecule has 0 saturated carbocycles. The second kappa shape index (κ2) is 7.07. The van der Waals surface area contributed by atoms with Crippen LogP contribution < -0.4 is 5.32 Å². The molecule has 3 rings (SSSR count). The first-order chi connectivity index (χ1) is 12.0. The zero-order valence-corrected chi connectivity index (χ0v) is 16.5. The third-order valence-electron chi connectivity index (χ3n) is 5.69. The van der Waals surface area contributed by atoms with Gasteiger partial charge >= 0.3 is 0 Å². The lowest BCUT2D eigenvalue weighted by Crippen LogP contribution is -2.09. The van der Waals surface area contributed by atoms with Crippen molar-refractivity contribution < 1.29 is 0 Å². The van der Waals surface area contributed by atoms with Gasteiger partial charge in [-0.15, -0.1) is 0 Å². The fourth-order valence-electron chi connectivity index (χ4n) is 4.34. The van der Waals surface area contributed by atoms with Gasteiger partial charge in [-0.1, -0.05) is 49.3 Å². The molecule has 2 aliphatic rings. The smallest absolute Gasteiger partial charge is 0.0379 e. The molecular formula is C24H31N. The number of nitrogens with one attached hydrogen (secondary N) is 1. The maximum Gasteiger partial charge on any atom is 0.0379 e. The molecule has 0 heterocycles. The van der Waals surface area contributed by atoms with Gasteiger partial charge < -0.3 is 5.32 Å². The zero-order chi connectivity index (χ0) is 18.1. The lowest BCUT2D eigenvalue weighted by atomic mass is 9.88. The average Bonchev–Trinajstić information content (AvgIpc) is 3.13. The third kappa shape index (κ3) is 3.01. The minimum Gasteiger partial charge on any atom is -0.388 e. The van der Waals surface area contributed by atoms with Crippen molar-refractivity contribution in [3.05, 3.63) is 69.5 Å². The summed E-state index contributed by atoms with van der Waals surface area (Å²) in [5.74, 6) is 0. The molecule has 1 aromatic rings. The van der Waals surface area contributed by atoms with Crippen LogP contribution in [0, 0.1) is 6.92 Å². The molecule has 0 amide bonds. The lowest BCUT2D eigenvalue weighted by Gasteiger charge is -2.18. The molecule has 0 saturated heterocycles. The first-order valence-electron chi connectivity index (χ1n) is 9.58. The van der Waals surface area contributed by atoms with Crippen molar-refractivity contribution in [1.29, 1.82) is 0 Å². The van der Waals surface area contributed by atoms with Crippen LogP contribution in [0.2, 0.25) is 0 Å². The van der Waals surface area contributed by atoms with Gasteiger partial charge in [-0.3, -0.25) is 0 Å². The van der Waals surface area contributed by atoms with Gasteiger partial charge in [-0.05, 0) is 79.9 Å². The standard InChI is InChI=1S/C24H31N/c1-7-8-9-18-19-12-10-16(4)23(21(19)14-20(18)15(2)3)24-17(5)11-13-22(24)25-6/h10,12-13,25H,2,7-9,11,14H2,1,3-6H3. The van der Waals surface area contributed by atoms with Gasteiger partial charge in [-0.25, -0.2) is 0 Å². The number of hydrogen-bond acceptors (Lipinski definition) is 1. The van der Waals surface area contributed by atoms with Crippen LogP contribution in [0.5, 0.6) is 0 Å². The number of rotatable bonds is 6. The van der Waals surface area contributed by atoms with E-state index in [0.717, 1.165) is 12.8 Å². The van der Waals surface area contributed by atoms with E-state index in [1.807, 2.05) is 7.05 Å². The van der Waals surface area contributed by atoms with E-state index in [4.69, 9.17) is 0 Å². The van der Waals surface area contributed by atoms with E-state index in [0.29, 0.717) is 0 Å². The van der Waals surface area contributed by atoms with Crippen molar-refractivity contribution in [2.45, 2.75) is 59.8 Å². The predicted octanol–water partition coefficient (Wildman–Crippen LogP) is 6.35. The summed E-state index contributed by atoms with van der Waals surface area (Å²) in [5.41, 5.74) is 14.2. The molecule has 0 spiro atoms. The van der Waals surface area contributed by atoms with Crippen LogP contribution >= 0.6 is 0 Å². The monoisotopic (exact) mass is 333 g/mol. The Balaban J connectivity index is 2.16. The second-order valence-corrected chi connectivity index (χ2v) is 7.53. The van der Waals surface area contributed by atoms with Gasteiger partial charge in [-0.2, -0.15) is 0 Å². The van der Waals surface area contributed by atoms with E-state index in [-0.39, 0.29) is 0 Å². The number of likely N-dealkylation sites (N-methyl/N-ethyl adjacent to an activating group) is 1. The molecule has 0 fully saturated rings. The molecule has 0 atom stereocenters. The molecule has 25 heavy (non-hydrogen) atoms. The van der Waals surface area contributed by atoms with Crippen molar-refractivity contribution in [1.82, 2.24) is 5.32 Å². The highest BCUT2D eigenvalue weighted by Crippen LogP contribution is 2.45. The molecular weight excluding hydrogens is 302 g/mol. The number of unbranched alkanes of at least 4 members (excludes halogenated alkanes) is 1. The molecule has 132 valence electrons. The van der Waals surface area contributed by atoms with Crippen molar-refractivity contribution in [3.8, 4) is 0 Å². The molecule has 0 bridgehead atoms. The van der Waals surface area contributed by atoms with E-state index in [1.54, 1.807) is 0 Å². The molecule has 0 aliphatic heterocycles. The Kier molecular flexibility index (Phi) is 5.03. The normalized spacial score (nSPS) is 16.4. The fraction of sp³-hybridized carbons (Fsp3) is 0.417. The van der Waals surface area contributed by atoms with Gasteiger partial charge in [0.2, 0.25) is 0 Å². The molecule has 1 N–H and O–H groups in total. The van der Waals surface area contributed by atoms with Crippen molar-refractivity contribution in [2.24, 2.45) is 0 Å². The van der Waals surface area contributed by atoms with Crippen LogP contribution in [-0.4, -0.2) is 7.05 Å². The average molecular weight is 334 g/mol. The van der Waals surface area contributed by atoms with E-state index < -0.39 is 0 Å². The molecule has 1 nitrogen and oxygen atoms in total. The van der Waals surface area contributed by atoms with Gasteiger partial charge in [0.1, 0.15) is 0 Å². The largest absolute Gasteiger partial charge is 0.388 e. The Morgan fingerprint density at radius 2 is 2.00 bits per heavy atom. The Hall–Kier alpha value is -2.02. The van der Waals surface area contributed by atoms with E-state index in [9.17, 15) is 0 Å². The van der Waals surface area contributed by atoms with Crippen LogP contribution in [-0.2, 0) is 6.42 Å². The predicted molar refractivity (Wildman–Crippen MR) is 110 cm³/mol. The molecule has 0 radical (unpaired) electrons. The van der Waals surface area contributed by atoms with Crippen molar-refractivity contribution in [3.63, 3.8) is 0 Å². The highest BCUT2D eigenvalue weighted by molar-refractivity contribution is 5.91. The summed E-state index contributed by atoms with van der Waals surface area (Å²) in [6.07, 6.45) is 8.06. The van der Waals surface area contributed by atoms with Gasteiger partial charge in [0, 0.05) is 18.3 Å². The van der Waals surface area contributed by atoms with Crippen LogP contribution in [0.25, 0.3) is 11.1 Å². The summed E-state index contributed by atoms with van der Waals surface area (Å²) in [6, 6.07) is 4.66. The quantitative estimate of drug-likeness (QED) is 0.639. The minimum atomic E-state index is 1.04. The minimum absolute atomic E-state index is 1.04. The number of aryl methyl sites for hydroxylation is 1. The summed E-state index contributed by atoms with van der Waals surface area (Å²) < 4.78 is 0. The Labute approximate surface area is 153 Å². The summed E-state index contributed by atoms with van der Waals surface area (Å²) >= 11 is 0. The zero-order valence-electron chi connectivity index (χ0n) is 16.5. The van der Waals surface area contributed by atoms with E-state index >= 15 is 0 Å². The molecule has 1 aromatic carbocycles. The van der Waals surface area contributed by atoms with Crippen LogP contribution in [0.1, 0.15) is 68.7 Å². The van der Waals surface area contributed by atoms with Gasteiger partial charge in [0.15, 0.2) is 0 Å². The Morgan fingerprint density at radius 1 is 1.24 bits per heavy atom. The number of benzene rings is 1. The highest BCUT2D eigenvalue weighted by atomic mass is 14.8. The van der Waals surface area contributed by atoms with Crippen molar-refractivity contribution in [2.75, 3.05) is 7.05 Å². The second-order valence-electron chi connectivity index (χ2n) is 7.53. The third-order valence-corrected chi connectivity index (χ3v) is 5.69. The topological polar surface area (TPSA) is 12.0 Å². The molecule has 1 heteroatoms. The molecule has 2 aliphatic carbocycles. The maximum absolute atomic E-state index is 4.28. The summed E-state index contributed by atoms with van der Waals surface area (Å²) in [7, 11) is 2.03. The van der Waals surface area contributed by atoms with Gasteiger partial charge in [0.05, 0.1) is 0 Å². The highest BCUT2D eigenvalue weighted by Gasteiger charge is 2.28. The van der Waals surface area contributed by atoms with E-state index in [1.165, 1.54) is 75.1 Å². The van der Waals surface area contributed by atoms with Gasteiger partial charge in [0.25, 0.3) is 0 Å². The fourth-order valence-corrected chi connectivity index (χ4v) is 4.34. The van der Waals surface area contributed by atoms with E-state index in [2.05, 4.69) is 57.8 Å². The summed E-state index contributed by atoms with van der Waals surface area (Å²) in [6.45, 7) is 13.2. The number of hydrogen-bond donors (Lipinski definition) is 1. The Morgan fingerprint density at radius 3 is 2.64 bits per heavy atom. The summed E-state index contributed by atoms with van der Waals surface area (Å²) in [4.78, 5) is 0. The molecule has 0 aromatic heterocycles. The van der Waals surface area contributed by atoms with Crippen LogP contribution in [0.3, 0.4) is 0 Å². The maximum atomic E-state index is 4.28. The molecule has 0 unspecified atom stereocenters. The van der Waals surface area contributed by atoms with Crippen LogP contribution in [0.15, 0.2) is 47.2 Å². The number of allylic oxidation sites excluding steroid dienone is 6. The lowest BCUT2D eigenvalue weighted by molar-refractivity contribution is 0.823. The number of fused-ring (bicyclic) bond motifs is 1. The Bertz CT molecular complexity index is 815. The summed E-state index contributed by atoms with van der Waals surface area (Å²) in [5, 5.41) is 3.41. The SMILES string of the molecule is C=C(C)C1=C(CCCC)c2ccc(C)c(C3=C(C)CC=C3NC)c2C1.